The van der Waals surface area contributed by atoms with Gasteiger partial charge >= 0.3 is 5.97 Å². The molecule has 2 heterocycles. The second-order valence-electron chi connectivity index (χ2n) is 11.9. The number of aliphatic carboxylic acids is 1. The van der Waals surface area contributed by atoms with E-state index >= 15 is 0 Å². The van der Waals surface area contributed by atoms with Crippen molar-refractivity contribution in [1.29, 1.82) is 0 Å². The quantitative estimate of drug-likeness (QED) is 0.392. The molecule has 37 heavy (non-hydrogen) atoms. The number of benzene rings is 1. The summed E-state index contributed by atoms with van der Waals surface area (Å²) in [6.07, 6.45) is 8.12. The Kier molecular flexibility index (Phi) is 7.43. The van der Waals surface area contributed by atoms with E-state index in [4.69, 9.17) is 9.47 Å². The lowest BCUT2D eigenvalue weighted by atomic mass is 9.73. The van der Waals surface area contributed by atoms with Crippen LogP contribution in [0.1, 0.15) is 87.8 Å². The van der Waals surface area contributed by atoms with E-state index in [9.17, 15) is 9.90 Å². The summed E-state index contributed by atoms with van der Waals surface area (Å²) in [7, 11) is 1.63. The number of rotatable bonds is 6. The Labute approximate surface area is 225 Å². The SMILES string of the molecule is COc1cc2c(cn1)-c1c(C)c(C3=CCC(C)(C)CC3)c(C(OC(C)(C)C)C(=O)O)c(C)c1N(SC)C2. The summed E-state index contributed by atoms with van der Waals surface area (Å²) >= 11 is 1.64. The van der Waals surface area contributed by atoms with Gasteiger partial charge in [0.1, 0.15) is 0 Å². The van der Waals surface area contributed by atoms with Crippen molar-refractivity contribution in [1.82, 2.24) is 4.98 Å². The van der Waals surface area contributed by atoms with Crippen LogP contribution >= 0.6 is 11.9 Å². The van der Waals surface area contributed by atoms with Crippen LogP contribution in [-0.4, -0.2) is 35.0 Å². The minimum atomic E-state index is -1.08. The molecule has 7 heteroatoms. The van der Waals surface area contributed by atoms with Crippen LogP contribution in [0.4, 0.5) is 5.69 Å². The first-order valence-corrected chi connectivity index (χ1v) is 14.1. The van der Waals surface area contributed by atoms with Gasteiger partial charge in [0.05, 0.1) is 24.9 Å². The minimum Gasteiger partial charge on any atom is -0.481 e. The molecule has 0 saturated carbocycles. The van der Waals surface area contributed by atoms with E-state index in [1.807, 2.05) is 33.0 Å². The third-order valence-electron chi connectivity index (χ3n) is 7.49. The lowest BCUT2D eigenvalue weighted by molar-refractivity contribution is -0.160. The zero-order valence-electron chi connectivity index (χ0n) is 23.6. The van der Waals surface area contributed by atoms with Crippen LogP contribution in [-0.2, 0) is 16.1 Å². The fourth-order valence-electron chi connectivity index (χ4n) is 5.61. The van der Waals surface area contributed by atoms with Crippen LogP contribution in [0.5, 0.6) is 5.88 Å². The first-order valence-electron chi connectivity index (χ1n) is 12.9. The molecule has 0 saturated heterocycles. The van der Waals surface area contributed by atoms with Crippen LogP contribution in [0.15, 0.2) is 18.3 Å². The van der Waals surface area contributed by atoms with Gasteiger partial charge in [0.2, 0.25) is 5.88 Å². The lowest BCUT2D eigenvalue weighted by Crippen LogP contribution is -2.30. The topological polar surface area (TPSA) is 71.9 Å². The van der Waals surface area contributed by atoms with Crippen LogP contribution in [0.25, 0.3) is 16.7 Å². The molecule has 0 radical (unpaired) electrons. The Morgan fingerprint density at radius 3 is 2.46 bits per heavy atom. The van der Waals surface area contributed by atoms with Crippen molar-refractivity contribution in [2.75, 3.05) is 17.7 Å². The monoisotopic (exact) mass is 524 g/mol. The standard InChI is InChI=1S/C30H40N2O4S/c1-17-23(19-10-12-30(6,7)13-11-19)25(27(28(33)34)36-29(3,4)5)18(2)26-24(17)21-15-31-22(35-8)14-20(21)16-32(26)37-9/h10,14-15,27H,11-13,16H2,1-9H3,(H,33,34). The largest absolute Gasteiger partial charge is 0.481 e. The summed E-state index contributed by atoms with van der Waals surface area (Å²) in [6, 6.07) is 2.01. The van der Waals surface area contributed by atoms with Gasteiger partial charge in [-0.1, -0.05) is 31.9 Å². The molecular weight excluding hydrogens is 484 g/mol. The predicted octanol–water partition coefficient (Wildman–Crippen LogP) is 7.51. The van der Waals surface area contributed by atoms with E-state index in [1.54, 1.807) is 19.1 Å². The normalized spacial score (nSPS) is 17.5. The van der Waals surface area contributed by atoms with Crippen molar-refractivity contribution >= 4 is 29.2 Å². The molecule has 4 rings (SSSR count). The number of allylic oxidation sites excluding steroid dienone is 2. The summed E-state index contributed by atoms with van der Waals surface area (Å²) in [5.74, 6) is -0.370. The van der Waals surface area contributed by atoms with E-state index in [1.165, 1.54) is 5.57 Å². The molecule has 1 N–H and O–H groups in total. The van der Waals surface area contributed by atoms with Gasteiger partial charge in [-0.05, 0) is 87.1 Å². The molecule has 6 nitrogen and oxygen atoms in total. The molecule has 1 aliphatic heterocycles. The maximum Gasteiger partial charge on any atom is 0.337 e. The van der Waals surface area contributed by atoms with E-state index in [2.05, 4.69) is 49.3 Å². The molecule has 0 bridgehead atoms. The van der Waals surface area contributed by atoms with E-state index < -0.39 is 17.7 Å². The summed E-state index contributed by atoms with van der Waals surface area (Å²) in [5.41, 5.74) is 9.04. The maximum absolute atomic E-state index is 12.8. The summed E-state index contributed by atoms with van der Waals surface area (Å²) in [5, 5.41) is 10.5. The third kappa shape index (κ3) is 5.26. The number of aromatic nitrogens is 1. The highest BCUT2D eigenvalue weighted by Gasteiger charge is 2.38. The van der Waals surface area contributed by atoms with Gasteiger partial charge in [-0.3, -0.25) is 0 Å². The van der Waals surface area contributed by atoms with Crippen LogP contribution < -0.4 is 9.04 Å². The maximum atomic E-state index is 12.8. The van der Waals surface area contributed by atoms with Crippen molar-refractivity contribution in [3.8, 4) is 17.0 Å². The summed E-state index contributed by atoms with van der Waals surface area (Å²) in [4.78, 5) is 17.3. The van der Waals surface area contributed by atoms with Crippen LogP contribution in [0.2, 0.25) is 0 Å². The van der Waals surface area contributed by atoms with Crippen LogP contribution in [0, 0.1) is 19.3 Å². The Balaban J connectivity index is 2.09. The molecule has 1 aromatic heterocycles. The number of carbonyl (C=O) groups is 1. The van der Waals surface area contributed by atoms with Gasteiger partial charge in [-0.15, -0.1) is 0 Å². The lowest BCUT2D eigenvalue weighted by Gasteiger charge is -2.38. The number of nitrogens with zero attached hydrogens (tertiary/aromatic N) is 2. The van der Waals surface area contributed by atoms with Crippen LogP contribution in [0.3, 0.4) is 0 Å². The fourth-order valence-corrected chi connectivity index (χ4v) is 6.29. The number of fused-ring (bicyclic) bond motifs is 3. The minimum absolute atomic E-state index is 0.234. The first kappa shape index (κ1) is 27.5. The number of anilines is 1. The molecule has 200 valence electrons. The molecule has 1 atom stereocenters. The second kappa shape index (κ2) is 9.99. The van der Waals surface area contributed by atoms with E-state index in [0.717, 1.165) is 63.9 Å². The third-order valence-corrected chi connectivity index (χ3v) is 8.25. The molecule has 0 fully saturated rings. The highest BCUT2D eigenvalue weighted by atomic mass is 32.2. The number of pyridine rings is 1. The molecule has 1 unspecified atom stereocenters. The number of hydrogen-bond acceptors (Lipinski definition) is 6. The van der Waals surface area contributed by atoms with E-state index in [-0.39, 0.29) is 5.41 Å². The Morgan fingerprint density at radius 1 is 1.22 bits per heavy atom. The zero-order valence-corrected chi connectivity index (χ0v) is 24.4. The van der Waals surface area contributed by atoms with Crippen molar-refractivity contribution in [3.63, 3.8) is 0 Å². The summed E-state index contributed by atoms with van der Waals surface area (Å²) < 4.78 is 13.9. The second-order valence-corrected chi connectivity index (χ2v) is 12.7. The Bertz CT molecular complexity index is 1260. The van der Waals surface area contributed by atoms with E-state index in [0.29, 0.717) is 12.4 Å². The number of carboxylic acid groups (broad SMARTS) is 1. The molecule has 1 aromatic carbocycles. The number of methoxy groups -OCH3 is 1. The summed E-state index contributed by atoms with van der Waals surface area (Å²) in [6.45, 7) is 15.2. The molecule has 0 amide bonds. The average Bonchev–Trinajstić information content (AvgIpc) is 2.82. The Morgan fingerprint density at radius 2 is 1.92 bits per heavy atom. The number of hydrogen-bond donors (Lipinski definition) is 1. The average molecular weight is 525 g/mol. The number of ether oxygens (including phenoxy) is 2. The highest BCUT2D eigenvalue weighted by Crippen LogP contribution is 2.52. The molecule has 1 aliphatic carbocycles. The van der Waals surface area contributed by atoms with Crippen molar-refractivity contribution < 1.29 is 19.4 Å². The van der Waals surface area contributed by atoms with Crippen molar-refractivity contribution in [3.05, 3.63) is 46.2 Å². The predicted molar refractivity (Wildman–Crippen MR) is 152 cm³/mol. The smallest absolute Gasteiger partial charge is 0.337 e. The fraction of sp³-hybridized carbons (Fsp3) is 0.533. The zero-order chi connectivity index (χ0) is 27.3. The van der Waals surface area contributed by atoms with Gasteiger partial charge in [-0.25, -0.2) is 9.78 Å². The highest BCUT2D eigenvalue weighted by molar-refractivity contribution is 7.99. The van der Waals surface area contributed by atoms with Gasteiger partial charge < -0.3 is 18.9 Å². The van der Waals surface area contributed by atoms with Gasteiger partial charge in [0.15, 0.2) is 6.10 Å². The van der Waals surface area contributed by atoms with Gasteiger partial charge in [0, 0.05) is 35.2 Å². The van der Waals surface area contributed by atoms with Crippen molar-refractivity contribution in [2.24, 2.45) is 5.41 Å². The Hall–Kier alpha value is -2.51. The molecule has 2 aromatic rings. The van der Waals surface area contributed by atoms with Gasteiger partial charge in [0.25, 0.3) is 0 Å². The number of carboxylic acids is 1. The molecule has 2 aliphatic rings. The molecular formula is C30H40N2O4S. The first-order chi connectivity index (χ1) is 17.3. The van der Waals surface area contributed by atoms with Crippen molar-refractivity contribution in [2.45, 2.75) is 86.0 Å². The molecule has 0 spiro atoms. The van der Waals surface area contributed by atoms with Gasteiger partial charge in [-0.2, -0.15) is 0 Å².